The Labute approximate surface area is 136 Å². The number of nitriles is 1. The molecule has 0 radical (unpaired) electrons. The zero-order chi connectivity index (χ0) is 17.6. The minimum absolute atomic E-state index is 0.141. The number of alkyl halides is 3. The summed E-state index contributed by atoms with van der Waals surface area (Å²) in [6.45, 7) is -1.55. The molecule has 7 heteroatoms. The number of halogens is 3. The Balaban J connectivity index is 1.97. The third-order valence-corrected chi connectivity index (χ3v) is 2.93. The van der Waals surface area contributed by atoms with Gasteiger partial charge < -0.3 is 9.47 Å². The Bertz CT molecular complexity index is 749. The number of rotatable bonds is 5. The lowest BCUT2D eigenvalue weighted by Crippen LogP contribution is -2.16. The van der Waals surface area contributed by atoms with Crippen LogP contribution in [0.5, 0.6) is 5.75 Å². The SMILES string of the molecule is N#Cc1ccccc1OC(=O)c1ccc(COCC(F)(F)F)cc1. The lowest BCUT2D eigenvalue weighted by molar-refractivity contribution is -0.176. The average Bonchev–Trinajstić information content (AvgIpc) is 2.55. The van der Waals surface area contributed by atoms with Crippen LogP contribution in [0.15, 0.2) is 48.5 Å². The van der Waals surface area contributed by atoms with Crippen LogP contribution in [-0.2, 0) is 11.3 Å². The van der Waals surface area contributed by atoms with Crippen molar-refractivity contribution < 1.29 is 27.4 Å². The van der Waals surface area contributed by atoms with Crippen LogP contribution in [0.2, 0.25) is 0 Å². The van der Waals surface area contributed by atoms with Crippen molar-refractivity contribution in [2.45, 2.75) is 12.8 Å². The van der Waals surface area contributed by atoms with Crippen molar-refractivity contribution in [1.29, 1.82) is 5.26 Å². The molecule has 24 heavy (non-hydrogen) atoms. The fourth-order valence-corrected chi connectivity index (χ4v) is 1.83. The molecular formula is C17H12F3NO3. The Morgan fingerprint density at radius 3 is 2.38 bits per heavy atom. The monoisotopic (exact) mass is 335 g/mol. The first-order chi connectivity index (χ1) is 11.4. The molecule has 4 nitrogen and oxygen atoms in total. The van der Waals surface area contributed by atoms with Crippen molar-refractivity contribution in [3.05, 3.63) is 65.2 Å². The molecule has 2 aromatic carbocycles. The molecule has 0 heterocycles. The minimum Gasteiger partial charge on any atom is -0.422 e. The van der Waals surface area contributed by atoms with Crippen LogP contribution in [-0.4, -0.2) is 18.8 Å². The fraction of sp³-hybridized carbons (Fsp3) is 0.176. The number of nitrogens with zero attached hydrogens (tertiary/aromatic N) is 1. The number of hydrogen-bond acceptors (Lipinski definition) is 4. The molecule has 0 atom stereocenters. The lowest BCUT2D eigenvalue weighted by Gasteiger charge is -2.08. The molecule has 0 aliphatic carbocycles. The van der Waals surface area contributed by atoms with Gasteiger partial charge >= 0.3 is 12.1 Å². The molecule has 0 aliphatic rings. The Morgan fingerprint density at radius 1 is 1.08 bits per heavy atom. The van der Waals surface area contributed by atoms with Gasteiger partial charge in [-0.2, -0.15) is 18.4 Å². The van der Waals surface area contributed by atoms with Gasteiger partial charge in [0.25, 0.3) is 0 Å². The average molecular weight is 335 g/mol. The second kappa shape index (κ2) is 7.62. The third-order valence-electron chi connectivity index (χ3n) is 2.93. The summed E-state index contributed by atoms with van der Waals surface area (Å²) in [7, 11) is 0. The van der Waals surface area contributed by atoms with Crippen LogP contribution in [0.4, 0.5) is 13.2 Å². The quantitative estimate of drug-likeness (QED) is 0.615. The standard InChI is InChI=1S/C17H12F3NO3/c18-17(19,20)11-23-10-12-5-7-13(8-6-12)16(22)24-15-4-2-1-3-14(15)9-21/h1-8H,10-11H2. The highest BCUT2D eigenvalue weighted by Gasteiger charge is 2.27. The van der Waals surface area contributed by atoms with Crippen molar-refractivity contribution in [3.63, 3.8) is 0 Å². The van der Waals surface area contributed by atoms with Crippen LogP contribution in [0.1, 0.15) is 21.5 Å². The van der Waals surface area contributed by atoms with E-state index in [9.17, 15) is 18.0 Å². The third kappa shape index (κ3) is 5.11. The van der Waals surface area contributed by atoms with E-state index in [2.05, 4.69) is 4.74 Å². The molecule has 0 unspecified atom stereocenters. The number of ether oxygens (including phenoxy) is 2. The van der Waals surface area contributed by atoms with E-state index in [-0.39, 0.29) is 23.5 Å². The molecular weight excluding hydrogens is 323 g/mol. The summed E-state index contributed by atoms with van der Waals surface area (Å²) in [5, 5.41) is 8.94. The molecule has 0 spiro atoms. The molecule has 0 fully saturated rings. The van der Waals surface area contributed by atoms with Crippen molar-refractivity contribution >= 4 is 5.97 Å². The first-order valence-corrected chi connectivity index (χ1v) is 6.84. The summed E-state index contributed by atoms with van der Waals surface area (Å²) in [5.41, 5.74) is 0.929. The predicted molar refractivity (Wildman–Crippen MR) is 78.3 cm³/mol. The summed E-state index contributed by atoms with van der Waals surface area (Å²) in [6, 6.07) is 14.0. The van der Waals surface area contributed by atoms with E-state index in [1.54, 1.807) is 12.1 Å². The van der Waals surface area contributed by atoms with E-state index in [4.69, 9.17) is 10.00 Å². The molecule has 0 saturated heterocycles. The van der Waals surface area contributed by atoms with Crippen LogP contribution in [0.3, 0.4) is 0 Å². The largest absolute Gasteiger partial charge is 0.422 e. The molecule has 2 aromatic rings. The fourth-order valence-electron chi connectivity index (χ4n) is 1.83. The Hall–Kier alpha value is -2.85. The van der Waals surface area contributed by atoms with Gasteiger partial charge in [-0.1, -0.05) is 24.3 Å². The van der Waals surface area contributed by atoms with Crippen molar-refractivity contribution in [1.82, 2.24) is 0 Å². The van der Waals surface area contributed by atoms with Gasteiger partial charge in [0.1, 0.15) is 18.4 Å². The predicted octanol–water partition coefficient (Wildman–Crippen LogP) is 3.86. The van der Waals surface area contributed by atoms with E-state index in [0.717, 1.165) is 0 Å². The summed E-state index contributed by atoms with van der Waals surface area (Å²) < 4.78 is 45.6. The van der Waals surface area contributed by atoms with Crippen LogP contribution >= 0.6 is 0 Å². The van der Waals surface area contributed by atoms with Gasteiger partial charge in [0.2, 0.25) is 0 Å². The van der Waals surface area contributed by atoms with Crippen molar-refractivity contribution in [2.75, 3.05) is 6.61 Å². The topological polar surface area (TPSA) is 59.3 Å². The molecule has 2 rings (SSSR count). The number of para-hydroxylation sites is 1. The summed E-state index contributed by atoms with van der Waals surface area (Å²) in [4.78, 5) is 12.0. The van der Waals surface area contributed by atoms with Gasteiger partial charge in [-0.05, 0) is 29.8 Å². The maximum atomic E-state index is 12.0. The second-order valence-corrected chi connectivity index (χ2v) is 4.80. The smallest absolute Gasteiger partial charge is 0.411 e. The molecule has 0 saturated carbocycles. The zero-order valence-corrected chi connectivity index (χ0v) is 12.3. The Kier molecular flexibility index (Phi) is 5.55. The maximum Gasteiger partial charge on any atom is 0.411 e. The minimum atomic E-state index is -4.38. The van der Waals surface area contributed by atoms with Crippen molar-refractivity contribution in [3.8, 4) is 11.8 Å². The normalized spacial score (nSPS) is 10.9. The molecule has 0 bridgehead atoms. The van der Waals surface area contributed by atoms with Gasteiger partial charge in [0, 0.05) is 0 Å². The number of hydrogen-bond donors (Lipinski definition) is 0. The molecule has 0 aromatic heterocycles. The van der Waals surface area contributed by atoms with E-state index in [0.29, 0.717) is 5.56 Å². The molecule has 124 valence electrons. The molecule has 0 N–H and O–H groups in total. The van der Waals surface area contributed by atoms with E-state index in [1.165, 1.54) is 36.4 Å². The maximum absolute atomic E-state index is 12.0. The zero-order valence-electron chi connectivity index (χ0n) is 12.3. The van der Waals surface area contributed by atoms with Crippen molar-refractivity contribution in [2.24, 2.45) is 0 Å². The van der Waals surface area contributed by atoms with E-state index in [1.807, 2.05) is 6.07 Å². The molecule has 0 amide bonds. The summed E-state index contributed by atoms with van der Waals surface area (Å²) in [6.07, 6.45) is -4.38. The first-order valence-electron chi connectivity index (χ1n) is 6.84. The van der Waals surface area contributed by atoms with E-state index < -0.39 is 18.8 Å². The number of benzene rings is 2. The highest BCUT2D eigenvalue weighted by molar-refractivity contribution is 5.91. The molecule has 0 aliphatic heterocycles. The van der Waals surface area contributed by atoms with Crippen LogP contribution < -0.4 is 4.74 Å². The Morgan fingerprint density at radius 2 is 1.75 bits per heavy atom. The number of carbonyl (C=O) groups is 1. The highest BCUT2D eigenvalue weighted by atomic mass is 19.4. The highest BCUT2D eigenvalue weighted by Crippen LogP contribution is 2.19. The number of esters is 1. The van der Waals surface area contributed by atoms with Crippen LogP contribution in [0, 0.1) is 11.3 Å². The van der Waals surface area contributed by atoms with Gasteiger partial charge in [-0.15, -0.1) is 0 Å². The van der Waals surface area contributed by atoms with Crippen LogP contribution in [0.25, 0.3) is 0 Å². The van der Waals surface area contributed by atoms with Gasteiger partial charge in [-0.25, -0.2) is 4.79 Å². The summed E-state index contributed by atoms with van der Waals surface area (Å²) in [5.74, 6) is -0.525. The van der Waals surface area contributed by atoms with Gasteiger partial charge in [0.05, 0.1) is 17.7 Å². The number of carbonyl (C=O) groups excluding carboxylic acids is 1. The second-order valence-electron chi connectivity index (χ2n) is 4.80. The van der Waals surface area contributed by atoms with Gasteiger partial charge in [-0.3, -0.25) is 0 Å². The van der Waals surface area contributed by atoms with E-state index >= 15 is 0 Å². The lowest BCUT2D eigenvalue weighted by atomic mass is 10.1. The first kappa shape index (κ1) is 17.5. The summed E-state index contributed by atoms with van der Waals surface area (Å²) >= 11 is 0. The van der Waals surface area contributed by atoms with Gasteiger partial charge in [0.15, 0.2) is 0 Å².